The van der Waals surface area contributed by atoms with Crippen LogP contribution in [0.3, 0.4) is 0 Å². The predicted octanol–water partition coefficient (Wildman–Crippen LogP) is 5.48. The molecule has 10 heteroatoms. The molecule has 3 aromatic carbocycles. The van der Waals surface area contributed by atoms with Crippen LogP contribution in [0.4, 0.5) is 24.5 Å². The van der Waals surface area contributed by atoms with E-state index in [-0.39, 0.29) is 23.8 Å². The van der Waals surface area contributed by atoms with Crippen LogP contribution in [-0.4, -0.2) is 43.3 Å². The Morgan fingerprint density at radius 3 is 2.45 bits per heavy atom. The van der Waals surface area contributed by atoms with Crippen molar-refractivity contribution in [3.63, 3.8) is 0 Å². The van der Waals surface area contributed by atoms with E-state index >= 15 is 0 Å². The van der Waals surface area contributed by atoms with Crippen LogP contribution in [0.25, 0.3) is 0 Å². The van der Waals surface area contributed by atoms with Crippen molar-refractivity contribution in [1.82, 2.24) is 0 Å². The molecule has 0 radical (unpaired) electrons. The van der Waals surface area contributed by atoms with Crippen LogP contribution in [0.5, 0.6) is 11.5 Å². The number of likely N-dealkylation sites (N-methyl/N-ethyl adjacent to an activating group) is 1. The summed E-state index contributed by atoms with van der Waals surface area (Å²) >= 11 is 0. The number of carboxylic acid groups (broad SMARTS) is 1. The Hall–Kier alpha value is -4.21. The summed E-state index contributed by atoms with van der Waals surface area (Å²) in [5.41, 5.74) is 0.800. The van der Waals surface area contributed by atoms with Gasteiger partial charge in [0.05, 0.1) is 29.9 Å². The molecular weight excluding hydrogens is 501 g/mol. The number of benzene rings is 3. The van der Waals surface area contributed by atoms with Gasteiger partial charge in [0, 0.05) is 12.6 Å². The summed E-state index contributed by atoms with van der Waals surface area (Å²) in [6.07, 6.45) is -5.43. The molecule has 0 unspecified atom stereocenters. The second-order valence-corrected chi connectivity index (χ2v) is 9.23. The first-order valence-corrected chi connectivity index (χ1v) is 11.9. The number of ether oxygens (including phenoxy) is 2. The lowest BCUT2D eigenvalue weighted by molar-refractivity contribution is -0.137. The second-order valence-electron chi connectivity index (χ2n) is 9.23. The van der Waals surface area contributed by atoms with E-state index in [1.165, 1.54) is 0 Å². The standard InChI is InChI=1S/C28H27F3N2O5/c1-16-10-19(37-15-20-14-33(3)23-6-4-5-7-24(23)38-20)11-17(2)26(16)27(36)32-22-12-18(13-25(34)35)8-9-21(22)28(29,30)31/h4-12,20H,13-15H2,1-3H3,(H,32,36)(H,34,35)/t20-/m0/s1. The van der Waals surface area contributed by atoms with Crippen LogP contribution < -0.4 is 19.7 Å². The number of rotatable bonds is 7. The number of nitrogens with one attached hydrogen (secondary N) is 1. The number of alkyl halides is 3. The minimum atomic E-state index is -4.73. The Kier molecular flexibility index (Phi) is 7.52. The zero-order valence-corrected chi connectivity index (χ0v) is 21.1. The maximum atomic E-state index is 13.6. The zero-order valence-electron chi connectivity index (χ0n) is 21.1. The number of carboxylic acids is 1. The summed E-state index contributed by atoms with van der Waals surface area (Å²) in [5, 5.41) is 11.3. The van der Waals surface area contributed by atoms with Crippen LogP contribution in [0.2, 0.25) is 0 Å². The van der Waals surface area contributed by atoms with Crippen molar-refractivity contribution in [2.45, 2.75) is 32.5 Å². The number of hydrogen-bond acceptors (Lipinski definition) is 5. The first-order chi connectivity index (χ1) is 17.9. The molecule has 7 nitrogen and oxygen atoms in total. The Morgan fingerprint density at radius 2 is 1.79 bits per heavy atom. The third kappa shape index (κ3) is 6.01. The molecule has 0 saturated carbocycles. The lowest BCUT2D eigenvalue weighted by atomic mass is 10.0. The molecule has 1 amide bonds. The van der Waals surface area contributed by atoms with Gasteiger partial charge >= 0.3 is 12.1 Å². The molecule has 1 aliphatic rings. The minimum absolute atomic E-state index is 0.135. The highest BCUT2D eigenvalue weighted by atomic mass is 19.4. The number of aliphatic carboxylic acids is 1. The summed E-state index contributed by atoms with van der Waals surface area (Å²) in [7, 11) is 1.97. The molecule has 0 aromatic heterocycles. The number of halogens is 3. The van der Waals surface area contributed by atoms with Gasteiger partial charge in [-0.1, -0.05) is 18.2 Å². The van der Waals surface area contributed by atoms with Gasteiger partial charge in [-0.3, -0.25) is 9.59 Å². The molecule has 1 atom stereocenters. The third-order valence-corrected chi connectivity index (χ3v) is 6.21. The van der Waals surface area contributed by atoms with Crippen molar-refractivity contribution < 1.29 is 37.3 Å². The number of amides is 1. The summed E-state index contributed by atoms with van der Waals surface area (Å²) in [6, 6.07) is 13.9. The average Bonchev–Trinajstić information content (AvgIpc) is 2.81. The van der Waals surface area contributed by atoms with Crippen LogP contribution >= 0.6 is 0 Å². The maximum absolute atomic E-state index is 13.6. The minimum Gasteiger partial charge on any atom is -0.490 e. The highest BCUT2D eigenvalue weighted by molar-refractivity contribution is 6.07. The molecule has 0 aliphatic carbocycles. The van der Waals surface area contributed by atoms with E-state index in [1.54, 1.807) is 26.0 Å². The lowest BCUT2D eigenvalue weighted by Gasteiger charge is -2.33. The second kappa shape index (κ2) is 10.6. The highest BCUT2D eigenvalue weighted by Crippen LogP contribution is 2.36. The Labute approximate surface area is 217 Å². The Balaban J connectivity index is 1.50. The molecule has 0 fully saturated rings. The van der Waals surface area contributed by atoms with Crippen molar-refractivity contribution >= 4 is 23.3 Å². The number of fused-ring (bicyclic) bond motifs is 1. The van der Waals surface area contributed by atoms with Gasteiger partial charge in [-0.15, -0.1) is 0 Å². The normalized spacial score (nSPS) is 14.9. The number of nitrogens with zero attached hydrogens (tertiary/aromatic N) is 1. The lowest BCUT2D eigenvalue weighted by Crippen LogP contribution is -2.41. The first-order valence-electron chi connectivity index (χ1n) is 11.9. The molecule has 3 aromatic rings. The predicted molar refractivity (Wildman–Crippen MR) is 136 cm³/mol. The van der Waals surface area contributed by atoms with Crippen molar-refractivity contribution in [2.24, 2.45) is 0 Å². The molecule has 2 N–H and O–H groups in total. The Bertz CT molecular complexity index is 1350. The van der Waals surface area contributed by atoms with Crippen molar-refractivity contribution in [1.29, 1.82) is 0 Å². The SMILES string of the molecule is Cc1cc(OC[C@@H]2CN(C)c3ccccc3O2)cc(C)c1C(=O)Nc1cc(CC(=O)O)ccc1C(F)(F)F. The number of carbonyl (C=O) groups excluding carboxylic acids is 1. The molecule has 0 saturated heterocycles. The monoisotopic (exact) mass is 528 g/mol. The van der Waals surface area contributed by atoms with Gasteiger partial charge in [0.15, 0.2) is 0 Å². The van der Waals surface area contributed by atoms with Crippen LogP contribution in [0.15, 0.2) is 54.6 Å². The smallest absolute Gasteiger partial charge is 0.418 e. The molecule has 1 aliphatic heterocycles. The molecule has 200 valence electrons. The maximum Gasteiger partial charge on any atom is 0.418 e. The molecule has 0 bridgehead atoms. The fourth-order valence-corrected chi connectivity index (χ4v) is 4.55. The van der Waals surface area contributed by atoms with Crippen molar-refractivity contribution in [3.05, 3.63) is 82.4 Å². The van der Waals surface area contributed by atoms with Crippen LogP contribution in [0, 0.1) is 13.8 Å². The average molecular weight is 529 g/mol. The number of para-hydroxylation sites is 2. The molecule has 1 heterocycles. The van der Waals surface area contributed by atoms with Gasteiger partial charge in [0.1, 0.15) is 24.2 Å². The van der Waals surface area contributed by atoms with E-state index in [1.807, 2.05) is 31.3 Å². The summed E-state index contributed by atoms with van der Waals surface area (Å²) in [4.78, 5) is 26.2. The number of anilines is 2. The van der Waals surface area contributed by atoms with Gasteiger partial charge < -0.3 is 24.8 Å². The summed E-state index contributed by atoms with van der Waals surface area (Å²) in [6.45, 7) is 4.22. The third-order valence-electron chi connectivity index (χ3n) is 6.21. The number of aryl methyl sites for hydroxylation is 2. The van der Waals surface area contributed by atoms with Crippen LogP contribution in [0.1, 0.15) is 32.6 Å². The number of carbonyl (C=O) groups is 2. The van der Waals surface area contributed by atoms with Crippen LogP contribution in [-0.2, 0) is 17.4 Å². The molecule has 0 spiro atoms. The fraction of sp³-hybridized carbons (Fsp3) is 0.286. The molecule has 38 heavy (non-hydrogen) atoms. The number of hydrogen-bond donors (Lipinski definition) is 2. The molecule has 4 rings (SSSR count). The topological polar surface area (TPSA) is 88.1 Å². The van der Waals surface area contributed by atoms with Gasteiger partial charge in [-0.2, -0.15) is 13.2 Å². The highest BCUT2D eigenvalue weighted by Gasteiger charge is 2.34. The van der Waals surface area contributed by atoms with E-state index in [0.717, 1.165) is 29.6 Å². The largest absolute Gasteiger partial charge is 0.490 e. The quantitative estimate of drug-likeness (QED) is 0.423. The van der Waals surface area contributed by atoms with Gasteiger partial charge in [0.25, 0.3) is 5.91 Å². The van der Waals surface area contributed by atoms with Gasteiger partial charge in [-0.05, 0) is 66.9 Å². The van der Waals surface area contributed by atoms with E-state index in [2.05, 4.69) is 10.2 Å². The fourth-order valence-electron chi connectivity index (χ4n) is 4.55. The van der Waals surface area contributed by atoms with Gasteiger partial charge in [-0.25, -0.2) is 0 Å². The van der Waals surface area contributed by atoms with E-state index in [9.17, 15) is 22.8 Å². The molecular formula is C28H27F3N2O5. The van der Waals surface area contributed by atoms with E-state index in [4.69, 9.17) is 14.6 Å². The summed E-state index contributed by atoms with van der Waals surface area (Å²) in [5.74, 6) is -0.668. The van der Waals surface area contributed by atoms with Crippen molar-refractivity contribution in [2.75, 3.05) is 30.4 Å². The van der Waals surface area contributed by atoms with E-state index < -0.39 is 35.7 Å². The van der Waals surface area contributed by atoms with Crippen molar-refractivity contribution in [3.8, 4) is 11.5 Å². The van der Waals surface area contributed by atoms with Gasteiger partial charge in [0.2, 0.25) is 0 Å². The Morgan fingerprint density at radius 1 is 1.11 bits per heavy atom. The zero-order chi connectivity index (χ0) is 27.6. The first kappa shape index (κ1) is 26.8. The summed E-state index contributed by atoms with van der Waals surface area (Å²) < 4.78 is 52.6. The van der Waals surface area contributed by atoms with E-state index in [0.29, 0.717) is 23.4 Å².